The van der Waals surface area contributed by atoms with E-state index in [0.29, 0.717) is 10.6 Å². The van der Waals surface area contributed by atoms with Crippen LogP contribution in [-0.2, 0) is 10.3 Å². The molecule has 1 amide bonds. The molecule has 1 unspecified atom stereocenters. The number of rotatable bonds is 4. The molecule has 0 aliphatic heterocycles. The first-order valence-electron chi connectivity index (χ1n) is 6.11. The van der Waals surface area contributed by atoms with Crippen molar-refractivity contribution in [1.82, 2.24) is 0 Å². The van der Waals surface area contributed by atoms with Gasteiger partial charge in [0.05, 0.1) is 12.0 Å². The van der Waals surface area contributed by atoms with Crippen molar-refractivity contribution in [1.29, 1.82) is 0 Å². The van der Waals surface area contributed by atoms with Gasteiger partial charge >= 0.3 is 0 Å². The van der Waals surface area contributed by atoms with E-state index < -0.39 is 23.1 Å². The van der Waals surface area contributed by atoms with Gasteiger partial charge in [-0.1, -0.05) is 23.7 Å². The summed E-state index contributed by atoms with van der Waals surface area (Å²) in [4.78, 5) is 11.3. The molecule has 0 radical (unpaired) electrons. The monoisotopic (exact) mass is 310 g/mol. The fourth-order valence-electron chi connectivity index (χ4n) is 2.20. The average molecular weight is 311 g/mol. The Labute approximate surface area is 125 Å². The number of nitrogens with two attached hydrogens (primary N) is 2. The number of hydrogen-bond donors (Lipinski definition) is 2. The summed E-state index contributed by atoms with van der Waals surface area (Å²) in [6.07, 6.45) is -0.294. The third-order valence-corrected chi connectivity index (χ3v) is 3.44. The molecule has 0 aliphatic rings. The quantitative estimate of drug-likeness (QED) is 0.911. The number of halogens is 3. The van der Waals surface area contributed by atoms with Gasteiger partial charge in [0, 0.05) is 11.1 Å². The summed E-state index contributed by atoms with van der Waals surface area (Å²) in [7, 11) is 0. The van der Waals surface area contributed by atoms with Crippen LogP contribution in [0.4, 0.5) is 8.78 Å². The van der Waals surface area contributed by atoms with Gasteiger partial charge in [0.15, 0.2) is 0 Å². The van der Waals surface area contributed by atoms with Crippen molar-refractivity contribution in [3.63, 3.8) is 0 Å². The highest BCUT2D eigenvalue weighted by Crippen LogP contribution is 2.32. The summed E-state index contributed by atoms with van der Waals surface area (Å²) < 4.78 is 26.9. The number of carbonyl (C=O) groups excluding carboxylic acids is 1. The van der Waals surface area contributed by atoms with E-state index in [1.165, 1.54) is 0 Å². The molecule has 0 aliphatic carbocycles. The third-order valence-electron chi connectivity index (χ3n) is 3.19. The molecule has 21 heavy (non-hydrogen) atoms. The maximum Gasteiger partial charge on any atom is 0.219 e. The van der Waals surface area contributed by atoms with Crippen LogP contribution in [0.1, 0.15) is 17.5 Å². The second-order valence-corrected chi connectivity index (χ2v) is 5.22. The second-order valence-electron chi connectivity index (χ2n) is 4.78. The third kappa shape index (κ3) is 3.37. The summed E-state index contributed by atoms with van der Waals surface area (Å²) in [5.41, 5.74) is 10.7. The Bertz CT molecular complexity index is 656. The molecule has 0 saturated heterocycles. The lowest BCUT2D eigenvalue weighted by Crippen LogP contribution is -2.42. The molecule has 0 saturated carbocycles. The predicted octanol–water partition coefficient (Wildman–Crippen LogP) is 2.70. The van der Waals surface area contributed by atoms with E-state index in [-0.39, 0.29) is 12.0 Å². The molecule has 0 fully saturated rings. The number of hydrogen-bond acceptors (Lipinski definition) is 2. The lowest BCUT2D eigenvalue weighted by atomic mass is 9.81. The zero-order valence-electron chi connectivity index (χ0n) is 10.9. The van der Waals surface area contributed by atoms with Crippen molar-refractivity contribution in [2.24, 2.45) is 11.5 Å². The Morgan fingerprint density at radius 2 is 1.57 bits per heavy atom. The van der Waals surface area contributed by atoms with Gasteiger partial charge in [-0.05, 0) is 35.4 Å². The van der Waals surface area contributed by atoms with Crippen LogP contribution in [0.2, 0.25) is 5.02 Å². The van der Waals surface area contributed by atoms with Crippen LogP contribution < -0.4 is 11.5 Å². The van der Waals surface area contributed by atoms with Crippen molar-refractivity contribution in [2.75, 3.05) is 0 Å². The molecular weight excluding hydrogens is 298 g/mol. The molecule has 1 atom stereocenters. The molecule has 2 aromatic carbocycles. The molecule has 110 valence electrons. The highest BCUT2D eigenvalue weighted by molar-refractivity contribution is 6.30. The minimum absolute atomic E-state index is 0.126. The number of carbonyl (C=O) groups is 1. The molecule has 3 nitrogen and oxygen atoms in total. The van der Waals surface area contributed by atoms with Crippen LogP contribution in [0.5, 0.6) is 0 Å². The standard InChI is InChI=1S/C15H13ClF2N2O/c16-11-3-1-9(2-4-11)15(20,8-14(19)21)10-5-12(17)7-13(18)6-10/h1-7H,8,20H2,(H2,19,21). The number of benzene rings is 2. The van der Waals surface area contributed by atoms with Crippen LogP contribution in [0.15, 0.2) is 42.5 Å². The van der Waals surface area contributed by atoms with E-state index in [0.717, 1.165) is 18.2 Å². The lowest BCUT2D eigenvalue weighted by Gasteiger charge is -2.29. The summed E-state index contributed by atoms with van der Waals surface area (Å²) >= 11 is 5.81. The fourth-order valence-corrected chi connectivity index (χ4v) is 2.33. The SMILES string of the molecule is NC(=O)CC(N)(c1ccc(Cl)cc1)c1cc(F)cc(F)c1. The molecule has 2 aromatic rings. The Morgan fingerprint density at radius 1 is 1.05 bits per heavy atom. The van der Waals surface area contributed by atoms with Crippen LogP contribution in [-0.4, -0.2) is 5.91 Å². The van der Waals surface area contributed by atoms with E-state index in [1.807, 2.05) is 0 Å². The lowest BCUT2D eigenvalue weighted by molar-refractivity contribution is -0.118. The molecule has 0 heterocycles. The van der Waals surface area contributed by atoms with E-state index in [2.05, 4.69) is 0 Å². The molecule has 0 bridgehead atoms. The first-order chi connectivity index (χ1) is 9.81. The molecular formula is C15H13ClF2N2O. The fraction of sp³-hybridized carbons (Fsp3) is 0.133. The van der Waals surface area contributed by atoms with Gasteiger partial charge in [0.2, 0.25) is 5.91 Å². The smallest absolute Gasteiger partial charge is 0.219 e. The first kappa shape index (κ1) is 15.4. The average Bonchev–Trinajstić information content (AvgIpc) is 2.37. The molecule has 4 N–H and O–H groups in total. The second kappa shape index (κ2) is 5.79. The van der Waals surface area contributed by atoms with Gasteiger partial charge in [0.25, 0.3) is 0 Å². The van der Waals surface area contributed by atoms with Gasteiger partial charge in [-0.25, -0.2) is 8.78 Å². The van der Waals surface area contributed by atoms with Crippen LogP contribution in [0.3, 0.4) is 0 Å². The van der Waals surface area contributed by atoms with Gasteiger partial charge < -0.3 is 11.5 Å². The highest BCUT2D eigenvalue weighted by atomic mass is 35.5. The van der Waals surface area contributed by atoms with E-state index in [9.17, 15) is 13.6 Å². The minimum Gasteiger partial charge on any atom is -0.370 e. The van der Waals surface area contributed by atoms with Crippen LogP contribution in [0.25, 0.3) is 0 Å². The van der Waals surface area contributed by atoms with Crippen molar-refractivity contribution in [2.45, 2.75) is 12.0 Å². The normalized spacial score (nSPS) is 13.7. The highest BCUT2D eigenvalue weighted by Gasteiger charge is 2.32. The zero-order chi connectivity index (χ0) is 15.6. The van der Waals surface area contributed by atoms with Crippen LogP contribution in [0, 0.1) is 11.6 Å². The van der Waals surface area contributed by atoms with E-state index in [1.54, 1.807) is 24.3 Å². The molecule has 2 rings (SSSR count). The minimum atomic E-state index is -1.43. The Morgan fingerprint density at radius 3 is 2.05 bits per heavy atom. The van der Waals surface area contributed by atoms with E-state index in [4.69, 9.17) is 23.1 Å². The van der Waals surface area contributed by atoms with Gasteiger partial charge in [-0.15, -0.1) is 0 Å². The van der Waals surface area contributed by atoms with E-state index >= 15 is 0 Å². The van der Waals surface area contributed by atoms with Crippen molar-refractivity contribution in [3.8, 4) is 0 Å². The number of amides is 1. The number of primary amides is 1. The Hall–Kier alpha value is -1.98. The molecule has 0 aromatic heterocycles. The maximum atomic E-state index is 13.4. The van der Waals surface area contributed by atoms with Crippen molar-refractivity contribution in [3.05, 3.63) is 70.2 Å². The maximum absolute atomic E-state index is 13.4. The largest absolute Gasteiger partial charge is 0.370 e. The Kier molecular flexibility index (Phi) is 4.25. The first-order valence-corrected chi connectivity index (χ1v) is 6.49. The summed E-state index contributed by atoms with van der Waals surface area (Å²) in [6.45, 7) is 0. The predicted molar refractivity (Wildman–Crippen MR) is 76.6 cm³/mol. The van der Waals surface area contributed by atoms with Crippen LogP contribution >= 0.6 is 11.6 Å². The summed E-state index contributed by atoms with van der Waals surface area (Å²) in [6, 6.07) is 9.24. The van der Waals surface area contributed by atoms with Gasteiger partial charge in [0.1, 0.15) is 11.6 Å². The summed E-state index contributed by atoms with van der Waals surface area (Å²) in [5.74, 6) is -2.24. The topological polar surface area (TPSA) is 69.1 Å². The molecule has 0 spiro atoms. The van der Waals surface area contributed by atoms with Gasteiger partial charge in [-0.2, -0.15) is 0 Å². The van der Waals surface area contributed by atoms with Crippen molar-refractivity contribution < 1.29 is 13.6 Å². The van der Waals surface area contributed by atoms with Gasteiger partial charge in [-0.3, -0.25) is 4.79 Å². The zero-order valence-corrected chi connectivity index (χ0v) is 11.7. The summed E-state index contributed by atoms with van der Waals surface area (Å²) in [5, 5.41) is 0.477. The Balaban J connectivity index is 2.60. The molecule has 6 heteroatoms. The van der Waals surface area contributed by atoms with Crippen molar-refractivity contribution >= 4 is 17.5 Å².